The molecule has 2 atom stereocenters. The van der Waals surface area contributed by atoms with Crippen LogP contribution in [0.1, 0.15) is 39.5 Å². The Morgan fingerprint density at radius 3 is 2.80 bits per heavy atom. The molecule has 2 unspecified atom stereocenters. The lowest BCUT2D eigenvalue weighted by Gasteiger charge is -2.37. The molecule has 1 aliphatic heterocycles. The van der Waals surface area contributed by atoms with Crippen molar-refractivity contribution < 1.29 is 14.3 Å². The minimum Gasteiger partial charge on any atom is -0.492 e. The first-order chi connectivity index (χ1) is 14.6. The van der Waals surface area contributed by atoms with Gasteiger partial charge in [0.05, 0.1) is 13.2 Å². The van der Waals surface area contributed by atoms with Crippen molar-refractivity contribution in [1.29, 1.82) is 0 Å². The van der Waals surface area contributed by atoms with Crippen molar-refractivity contribution in [2.24, 2.45) is 5.92 Å². The number of carbonyl (C=O) groups excluding carboxylic acids is 1. The summed E-state index contributed by atoms with van der Waals surface area (Å²) in [4.78, 5) is 19.2. The van der Waals surface area contributed by atoms with Crippen LogP contribution in [-0.2, 0) is 9.53 Å². The molecule has 1 heterocycles. The molecule has 6 nitrogen and oxygen atoms in total. The fourth-order valence-corrected chi connectivity index (χ4v) is 4.62. The first kappa shape index (κ1) is 23.0. The topological polar surface area (TPSA) is 45.2 Å². The first-order valence-electron chi connectivity index (χ1n) is 11.6. The number of amides is 1. The molecule has 168 valence electrons. The van der Waals surface area contributed by atoms with Crippen molar-refractivity contribution in [3.63, 3.8) is 0 Å². The molecule has 3 rings (SSSR count). The molecule has 2 aliphatic rings. The van der Waals surface area contributed by atoms with Crippen molar-refractivity contribution in [1.82, 2.24) is 9.80 Å². The Labute approximate surface area is 182 Å². The molecule has 30 heavy (non-hydrogen) atoms. The lowest BCUT2D eigenvalue weighted by atomic mass is 9.84. The summed E-state index contributed by atoms with van der Waals surface area (Å²) in [5.74, 6) is 1.48. The molecule has 0 radical (unpaired) electrons. The van der Waals surface area contributed by atoms with Crippen LogP contribution >= 0.6 is 0 Å². The van der Waals surface area contributed by atoms with Crippen LogP contribution in [0.5, 0.6) is 5.75 Å². The molecule has 0 bridgehead atoms. The standard InChI is InChI=1S/C24H39N3O3/c1-4-25(3)22-8-5-7-21(17-22)19-27(20(2)28)23-9-6-10-24(18-23)30-16-13-26-11-14-29-15-12-26/h6,9-10,18,21-22H,4-5,7-8,11-17,19H2,1-3H3. The average molecular weight is 418 g/mol. The molecule has 1 aromatic rings. The molecule has 0 spiro atoms. The lowest BCUT2D eigenvalue weighted by molar-refractivity contribution is -0.116. The Hall–Kier alpha value is -1.63. The molecule has 1 saturated heterocycles. The van der Waals surface area contributed by atoms with E-state index in [2.05, 4.69) is 23.8 Å². The van der Waals surface area contributed by atoms with E-state index in [0.29, 0.717) is 18.6 Å². The number of hydrogen-bond donors (Lipinski definition) is 0. The third-order valence-electron chi connectivity index (χ3n) is 6.61. The Kier molecular flexibility index (Phi) is 8.97. The zero-order valence-corrected chi connectivity index (χ0v) is 19.0. The highest BCUT2D eigenvalue weighted by Crippen LogP contribution is 2.30. The monoisotopic (exact) mass is 417 g/mol. The van der Waals surface area contributed by atoms with Gasteiger partial charge in [-0.15, -0.1) is 0 Å². The molecule has 1 saturated carbocycles. The number of benzene rings is 1. The SMILES string of the molecule is CCN(C)C1CCCC(CN(C(C)=O)c2cccc(OCCN3CCOCC3)c2)C1. The summed E-state index contributed by atoms with van der Waals surface area (Å²) in [6.07, 6.45) is 4.89. The highest BCUT2D eigenvalue weighted by Gasteiger charge is 2.27. The van der Waals surface area contributed by atoms with Crippen LogP contribution in [0.2, 0.25) is 0 Å². The van der Waals surface area contributed by atoms with E-state index in [1.165, 1.54) is 25.7 Å². The highest BCUT2D eigenvalue weighted by molar-refractivity contribution is 5.91. The van der Waals surface area contributed by atoms with Gasteiger partial charge in [-0.05, 0) is 50.9 Å². The van der Waals surface area contributed by atoms with Gasteiger partial charge in [-0.3, -0.25) is 9.69 Å². The summed E-state index contributed by atoms with van der Waals surface area (Å²) in [6, 6.07) is 8.64. The van der Waals surface area contributed by atoms with Crippen LogP contribution in [0, 0.1) is 5.92 Å². The lowest BCUT2D eigenvalue weighted by Crippen LogP contribution is -2.40. The predicted octanol–water partition coefficient (Wildman–Crippen LogP) is 3.26. The van der Waals surface area contributed by atoms with Crippen LogP contribution in [0.25, 0.3) is 0 Å². The summed E-state index contributed by atoms with van der Waals surface area (Å²) in [7, 11) is 2.22. The van der Waals surface area contributed by atoms with Gasteiger partial charge in [0.1, 0.15) is 12.4 Å². The highest BCUT2D eigenvalue weighted by atomic mass is 16.5. The van der Waals surface area contributed by atoms with Crippen molar-refractivity contribution >= 4 is 11.6 Å². The van der Waals surface area contributed by atoms with E-state index in [1.807, 2.05) is 29.2 Å². The van der Waals surface area contributed by atoms with Crippen LogP contribution < -0.4 is 9.64 Å². The maximum absolute atomic E-state index is 12.5. The van der Waals surface area contributed by atoms with E-state index in [9.17, 15) is 4.79 Å². The predicted molar refractivity (Wildman–Crippen MR) is 121 cm³/mol. The number of ether oxygens (including phenoxy) is 2. The molecule has 6 heteroatoms. The smallest absolute Gasteiger partial charge is 0.223 e. The molecule has 0 aromatic heterocycles. The van der Waals surface area contributed by atoms with E-state index >= 15 is 0 Å². The van der Waals surface area contributed by atoms with Gasteiger partial charge in [0.15, 0.2) is 0 Å². The van der Waals surface area contributed by atoms with Crippen LogP contribution in [0.3, 0.4) is 0 Å². The van der Waals surface area contributed by atoms with Gasteiger partial charge in [0.25, 0.3) is 0 Å². The third-order valence-corrected chi connectivity index (χ3v) is 6.61. The molecule has 1 amide bonds. The minimum absolute atomic E-state index is 0.103. The van der Waals surface area contributed by atoms with Crippen molar-refractivity contribution in [2.45, 2.75) is 45.6 Å². The van der Waals surface area contributed by atoms with Gasteiger partial charge in [0, 0.05) is 50.9 Å². The summed E-state index contributed by atoms with van der Waals surface area (Å²) < 4.78 is 11.4. The summed E-state index contributed by atoms with van der Waals surface area (Å²) >= 11 is 0. The Balaban J connectivity index is 1.57. The molecule has 0 N–H and O–H groups in total. The van der Waals surface area contributed by atoms with Gasteiger partial charge >= 0.3 is 0 Å². The Morgan fingerprint density at radius 1 is 1.27 bits per heavy atom. The second-order valence-electron chi connectivity index (χ2n) is 8.69. The maximum atomic E-state index is 12.5. The number of rotatable bonds is 9. The zero-order chi connectivity index (χ0) is 21.3. The second kappa shape index (κ2) is 11.7. The normalized spacial score (nSPS) is 22.8. The number of nitrogens with zero attached hydrogens (tertiary/aromatic N) is 3. The molecular formula is C24H39N3O3. The number of carbonyl (C=O) groups is 1. The van der Waals surface area contributed by atoms with E-state index in [1.54, 1.807) is 6.92 Å². The molecule has 1 aromatic carbocycles. The quantitative estimate of drug-likeness (QED) is 0.617. The van der Waals surface area contributed by atoms with Crippen molar-refractivity contribution in [3.05, 3.63) is 24.3 Å². The van der Waals surface area contributed by atoms with Crippen molar-refractivity contribution in [3.8, 4) is 5.75 Å². The summed E-state index contributed by atoms with van der Waals surface area (Å²) in [6.45, 7) is 10.9. The van der Waals surface area contributed by atoms with Crippen LogP contribution in [-0.4, -0.2) is 81.3 Å². The number of morpholine rings is 1. The molecule has 1 aliphatic carbocycles. The maximum Gasteiger partial charge on any atom is 0.223 e. The molecule has 2 fully saturated rings. The minimum atomic E-state index is 0.103. The van der Waals surface area contributed by atoms with Gasteiger partial charge in [-0.25, -0.2) is 0 Å². The number of hydrogen-bond acceptors (Lipinski definition) is 5. The third kappa shape index (κ3) is 6.69. The van der Waals surface area contributed by atoms with E-state index in [4.69, 9.17) is 9.47 Å². The van der Waals surface area contributed by atoms with E-state index in [0.717, 1.165) is 57.4 Å². The first-order valence-corrected chi connectivity index (χ1v) is 11.6. The summed E-state index contributed by atoms with van der Waals surface area (Å²) in [5.41, 5.74) is 0.942. The fourth-order valence-electron chi connectivity index (χ4n) is 4.62. The van der Waals surface area contributed by atoms with E-state index in [-0.39, 0.29) is 5.91 Å². The van der Waals surface area contributed by atoms with Crippen LogP contribution in [0.4, 0.5) is 5.69 Å². The molecular weight excluding hydrogens is 378 g/mol. The van der Waals surface area contributed by atoms with Gasteiger partial charge in [-0.2, -0.15) is 0 Å². The Bertz CT molecular complexity index is 663. The van der Waals surface area contributed by atoms with Crippen LogP contribution in [0.15, 0.2) is 24.3 Å². The fraction of sp³-hybridized carbons (Fsp3) is 0.708. The van der Waals surface area contributed by atoms with Crippen molar-refractivity contribution in [2.75, 3.05) is 64.5 Å². The average Bonchev–Trinajstić information content (AvgIpc) is 2.78. The van der Waals surface area contributed by atoms with E-state index < -0.39 is 0 Å². The Morgan fingerprint density at radius 2 is 2.07 bits per heavy atom. The van der Waals surface area contributed by atoms with Gasteiger partial charge < -0.3 is 19.3 Å². The zero-order valence-electron chi connectivity index (χ0n) is 19.0. The van der Waals surface area contributed by atoms with Gasteiger partial charge in [0.2, 0.25) is 5.91 Å². The second-order valence-corrected chi connectivity index (χ2v) is 8.69. The largest absolute Gasteiger partial charge is 0.492 e. The summed E-state index contributed by atoms with van der Waals surface area (Å²) in [5, 5.41) is 0. The van der Waals surface area contributed by atoms with Gasteiger partial charge in [-0.1, -0.05) is 19.4 Å². The number of anilines is 1.